The van der Waals surface area contributed by atoms with Gasteiger partial charge in [0.15, 0.2) is 0 Å². The van der Waals surface area contributed by atoms with Crippen LogP contribution in [0.4, 0.5) is 5.69 Å². The van der Waals surface area contributed by atoms with Gasteiger partial charge in [-0.3, -0.25) is 0 Å². The van der Waals surface area contributed by atoms with Crippen molar-refractivity contribution >= 4 is 21.6 Å². The molecule has 1 aromatic rings. The lowest BCUT2D eigenvalue weighted by Crippen LogP contribution is -2.38. The maximum Gasteiger partial charge on any atom is 0.0391 e. The number of nitrogens with one attached hydrogen (secondary N) is 2. The average molecular weight is 310 g/mol. The van der Waals surface area contributed by atoms with Crippen LogP contribution in [0, 0.1) is 5.92 Å². The molecule has 0 spiro atoms. The Labute approximate surface area is 117 Å². The lowest BCUT2D eigenvalue weighted by Gasteiger charge is -2.37. The topological polar surface area (TPSA) is 50.1 Å². The Balaban J connectivity index is 1.89. The van der Waals surface area contributed by atoms with Gasteiger partial charge in [-0.1, -0.05) is 15.9 Å². The van der Waals surface area contributed by atoms with Gasteiger partial charge in [-0.05, 0) is 62.0 Å². The first kappa shape index (κ1) is 12.5. The molecule has 0 amide bonds. The minimum atomic E-state index is 0.515. The Kier molecular flexibility index (Phi) is 3.59. The molecule has 3 nitrogen and oxygen atoms in total. The molecular formula is C14H20BrN3. The molecule has 0 saturated carbocycles. The highest BCUT2D eigenvalue weighted by atomic mass is 79.9. The maximum atomic E-state index is 5.65. The first-order chi connectivity index (χ1) is 8.79. The summed E-state index contributed by atoms with van der Waals surface area (Å²) in [5.41, 5.74) is 8.35. The van der Waals surface area contributed by atoms with E-state index in [1.165, 1.54) is 24.1 Å². The summed E-state index contributed by atoms with van der Waals surface area (Å²) >= 11 is 3.57. The van der Waals surface area contributed by atoms with Crippen LogP contribution in [0.3, 0.4) is 0 Å². The Morgan fingerprint density at radius 2 is 2.28 bits per heavy atom. The highest BCUT2D eigenvalue weighted by molar-refractivity contribution is 9.10. The van der Waals surface area contributed by atoms with Crippen molar-refractivity contribution in [3.8, 4) is 0 Å². The quantitative estimate of drug-likeness (QED) is 0.804. The molecule has 18 heavy (non-hydrogen) atoms. The number of anilines is 1. The van der Waals surface area contributed by atoms with E-state index in [2.05, 4.69) is 44.8 Å². The zero-order valence-corrected chi connectivity index (χ0v) is 12.0. The van der Waals surface area contributed by atoms with E-state index in [0.717, 1.165) is 24.0 Å². The minimum absolute atomic E-state index is 0.515. The summed E-state index contributed by atoms with van der Waals surface area (Å²) in [4.78, 5) is 0. The van der Waals surface area contributed by atoms with Gasteiger partial charge in [-0.25, -0.2) is 0 Å². The Bertz CT molecular complexity index is 435. The van der Waals surface area contributed by atoms with Crippen LogP contribution in [0.1, 0.15) is 30.9 Å². The maximum absolute atomic E-state index is 5.65. The molecule has 4 heteroatoms. The van der Waals surface area contributed by atoms with Gasteiger partial charge in [-0.2, -0.15) is 0 Å². The Hall–Kier alpha value is -0.580. The second-order valence-corrected chi connectivity index (χ2v) is 6.21. The second kappa shape index (κ2) is 5.19. The fourth-order valence-corrected chi connectivity index (χ4v) is 3.73. The third-order valence-corrected chi connectivity index (χ3v) is 4.69. The zero-order chi connectivity index (χ0) is 12.5. The molecule has 1 saturated heterocycles. The number of benzene rings is 1. The fourth-order valence-electron chi connectivity index (χ4n) is 3.35. The van der Waals surface area contributed by atoms with Crippen LogP contribution in [-0.4, -0.2) is 19.1 Å². The van der Waals surface area contributed by atoms with Gasteiger partial charge in [0.2, 0.25) is 0 Å². The van der Waals surface area contributed by atoms with Crippen LogP contribution in [0.15, 0.2) is 22.7 Å². The molecular weight excluding hydrogens is 290 g/mol. The summed E-state index contributed by atoms with van der Waals surface area (Å²) in [6.07, 6.45) is 3.54. The summed E-state index contributed by atoms with van der Waals surface area (Å²) in [5, 5.41) is 7.37. The summed E-state index contributed by atoms with van der Waals surface area (Å²) in [5.74, 6) is 0.707. The molecule has 2 aliphatic rings. The molecule has 98 valence electrons. The van der Waals surface area contributed by atoms with Crippen molar-refractivity contribution in [1.82, 2.24) is 5.32 Å². The van der Waals surface area contributed by atoms with Crippen molar-refractivity contribution in [1.29, 1.82) is 0 Å². The molecule has 0 bridgehead atoms. The van der Waals surface area contributed by atoms with Crippen LogP contribution < -0.4 is 16.4 Å². The van der Waals surface area contributed by atoms with Gasteiger partial charge in [0.1, 0.15) is 0 Å². The van der Waals surface area contributed by atoms with Crippen molar-refractivity contribution < 1.29 is 0 Å². The van der Waals surface area contributed by atoms with Gasteiger partial charge in [0, 0.05) is 22.2 Å². The Morgan fingerprint density at radius 1 is 1.39 bits per heavy atom. The molecule has 0 unspecified atom stereocenters. The van der Waals surface area contributed by atoms with Crippen LogP contribution in [0.5, 0.6) is 0 Å². The van der Waals surface area contributed by atoms with E-state index in [1.54, 1.807) is 0 Å². The lowest BCUT2D eigenvalue weighted by atomic mass is 9.81. The second-order valence-electron chi connectivity index (χ2n) is 5.30. The fraction of sp³-hybridized carbons (Fsp3) is 0.571. The van der Waals surface area contributed by atoms with Crippen LogP contribution >= 0.6 is 15.9 Å². The van der Waals surface area contributed by atoms with E-state index in [0.29, 0.717) is 18.0 Å². The molecule has 3 atom stereocenters. The number of halogens is 1. The van der Waals surface area contributed by atoms with E-state index in [4.69, 9.17) is 5.73 Å². The summed E-state index contributed by atoms with van der Waals surface area (Å²) in [7, 11) is 0. The van der Waals surface area contributed by atoms with Crippen LogP contribution in [-0.2, 0) is 0 Å². The van der Waals surface area contributed by atoms with Crippen molar-refractivity contribution in [2.45, 2.75) is 31.3 Å². The van der Waals surface area contributed by atoms with Crippen molar-refractivity contribution in [2.75, 3.05) is 18.4 Å². The van der Waals surface area contributed by atoms with Gasteiger partial charge < -0.3 is 16.4 Å². The Morgan fingerprint density at radius 3 is 3.11 bits per heavy atom. The molecule has 1 fully saturated rings. The monoisotopic (exact) mass is 309 g/mol. The number of rotatable bonds is 3. The first-order valence-electron chi connectivity index (χ1n) is 6.79. The molecule has 1 aromatic carbocycles. The summed E-state index contributed by atoms with van der Waals surface area (Å²) in [6.45, 7) is 1.91. The van der Waals surface area contributed by atoms with E-state index in [9.17, 15) is 0 Å². The number of fused-ring (bicyclic) bond motifs is 3. The summed E-state index contributed by atoms with van der Waals surface area (Å²) in [6, 6.07) is 7.63. The smallest absolute Gasteiger partial charge is 0.0391 e. The van der Waals surface area contributed by atoms with Crippen molar-refractivity contribution in [2.24, 2.45) is 11.7 Å². The molecule has 3 rings (SSSR count). The number of nitrogens with two attached hydrogens (primary N) is 1. The molecule has 0 aliphatic carbocycles. The molecule has 0 aromatic heterocycles. The SMILES string of the molecule is NCCC[C@@H]1Nc2ccc(Br)cc2[C@H]2NCC[C@@H]12. The zero-order valence-electron chi connectivity index (χ0n) is 10.5. The average Bonchev–Trinajstić information content (AvgIpc) is 2.86. The van der Waals surface area contributed by atoms with E-state index in [1.807, 2.05) is 0 Å². The molecule has 4 N–H and O–H groups in total. The largest absolute Gasteiger partial charge is 0.382 e. The van der Waals surface area contributed by atoms with Crippen molar-refractivity contribution in [3.63, 3.8) is 0 Å². The van der Waals surface area contributed by atoms with Crippen LogP contribution in [0.2, 0.25) is 0 Å². The number of hydrogen-bond donors (Lipinski definition) is 3. The third-order valence-electron chi connectivity index (χ3n) is 4.20. The predicted molar refractivity (Wildman–Crippen MR) is 78.7 cm³/mol. The highest BCUT2D eigenvalue weighted by Gasteiger charge is 2.38. The van der Waals surface area contributed by atoms with Crippen LogP contribution in [0.25, 0.3) is 0 Å². The predicted octanol–water partition coefficient (Wildman–Crippen LogP) is 2.63. The summed E-state index contributed by atoms with van der Waals surface area (Å²) < 4.78 is 1.16. The van der Waals surface area contributed by atoms with E-state index >= 15 is 0 Å². The standard InChI is InChI=1S/C14H20BrN3/c15-9-3-4-13-11(8-9)14-10(5-7-17-14)12(18-13)2-1-6-16/h3-4,8,10,12,14,17-18H,1-2,5-7,16H2/t10-,12-,14-/m0/s1. The lowest BCUT2D eigenvalue weighted by molar-refractivity contribution is 0.364. The molecule has 2 heterocycles. The van der Waals surface area contributed by atoms with Gasteiger partial charge in [0.25, 0.3) is 0 Å². The molecule has 0 radical (unpaired) electrons. The van der Waals surface area contributed by atoms with E-state index in [-0.39, 0.29) is 0 Å². The van der Waals surface area contributed by atoms with Gasteiger partial charge in [-0.15, -0.1) is 0 Å². The highest BCUT2D eigenvalue weighted by Crippen LogP contribution is 2.43. The van der Waals surface area contributed by atoms with Gasteiger partial charge in [0.05, 0.1) is 0 Å². The normalized spacial score (nSPS) is 29.6. The van der Waals surface area contributed by atoms with Gasteiger partial charge >= 0.3 is 0 Å². The number of hydrogen-bond acceptors (Lipinski definition) is 3. The minimum Gasteiger partial charge on any atom is -0.382 e. The third kappa shape index (κ3) is 2.17. The van der Waals surface area contributed by atoms with Crippen molar-refractivity contribution in [3.05, 3.63) is 28.2 Å². The first-order valence-corrected chi connectivity index (χ1v) is 7.58. The van der Waals surface area contributed by atoms with E-state index < -0.39 is 0 Å². The molecule has 2 aliphatic heterocycles.